The number of halogens is 3. The van der Waals surface area contributed by atoms with Gasteiger partial charge in [0.1, 0.15) is 17.5 Å². The number of hydrogen-bond donors (Lipinski definition) is 2. The van der Waals surface area contributed by atoms with Crippen molar-refractivity contribution in [1.82, 2.24) is 0 Å². The summed E-state index contributed by atoms with van der Waals surface area (Å²) in [5, 5.41) is 7.05. The molecule has 0 aromatic heterocycles. The summed E-state index contributed by atoms with van der Waals surface area (Å²) in [5.74, 6) is -2.32. The molecule has 0 saturated heterocycles. The lowest BCUT2D eigenvalue weighted by molar-refractivity contribution is -0.153. The Morgan fingerprint density at radius 1 is 1.47 bits per heavy atom. The zero-order valence-corrected chi connectivity index (χ0v) is 10.7. The maximum Gasteiger partial charge on any atom is 0.400 e. The van der Waals surface area contributed by atoms with Crippen LogP contribution in [0.2, 0.25) is 0 Å². The van der Waals surface area contributed by atoms with Gasteiger partial charge in [0.05, 0.1) is 7.11 Å². The van der Waals surface area contributed by atoms with Gasteiger partial charge in [-0.3, -0.25) is 5.41 Å². The van der Waals surface area contributed by atoms with Crippen LogP contribution in [0.1, 0.15) is 0 Å². The predicted octanol–water partition coefficient (Wildman–Crippen LogP) is 2.25. The highest BCUT2D eigenvalue weighted by Crippen LogP contribution is 2.28. The molecule has 7 heteroatoms. The molecular formula is C12H16F3N3O. The van der Waals surface area contributed by atoms with Gasteiger partial charge in [-0.15, -0.1) is 0 Å². The lowest BCUT2D eigenvalue weighted by Gasteiger charge is -2.26. The number of amidine groups is 1. The Hall–Kier alpha value is -1.92. The van der Waals surface area contributed by atoms with Crippen molar-refractivity contribution in [3.63, 3.8) is 0 Å². The van der Waals surface area contributed by atoms with Crippen LogP contribution in [0, 0.1) is 11.3 Å². The molecule has 3 N–H and O–H groups in total. The van der Waals surface area contributed by atoms with E-state index in [2.05, 4.69) is 0 Å². The van der Waals surface area contributed by atoms with E-state index >= 15 is 0 Å². The molecule has 0 aliphatic carbocycles. The van der Waals surface area contributed by atoms with E-state index in [1.165, 1.54) is 19.1 Å². The number of nitrogens with zero attached hydrogens (tertiary/aromatic N) is 1. The van der Waals surface area contributed by atoms with Crippen molar-refractivity contribution in [2.75, 3.05) is 25.6 Å². The smallest absolute Gasteiger partial charge is 0.400 e. The molecule has 1 aromatic carbocycles. The normalized spacial score (nSPS) is 12.9. The molecule has 0 heterocycles. The first-order valence-electron chi connectivity index (χ1n) is 5.51. The first kappa shape index (κ1) is 15.1. The highest BCUT2D eigenvalue weighted by molar-refractivity contribution is 5.81. The molecule has 106 valence electrons. The van der Waals surface area contributed by atoms with E-state index in [0.717, 1.165) is 0 Å². The lowest BCUT2D eigenvalue weighted by Crippen LogP contribution is -2.43. The number of nitrogens with one attached hydrogen (secondary N) is 1. The second kappa shape index (κ2) is 5.81. The van der Waals surface area contributed by atoms with E-state index in [1.54, 1.807) is 24.3 Å². The van der Waals surface area contributed by atoms with E-state index in [0.29, 0.717) is 11.4 Å². The molecule has 1 atom stereocenters. The number of methoxy groups -OCH3 is 1. The minimum absolute atomic E-state index is 0.411. The summed E-state index contributed by atoms with van der Waals surface area (Å²) in [4.78, 5) is 1.39. The number of alkyl halides is 3. The van der Waals surface area contributed by atoms with Crippen molar-refractivity contribution < 1.29 is 17.9 Å². The largest absolute Gasteiger partial charge is 0.497 e. The van der Waals surface area contributed by atoms with E-state index in [1.807, 2.05) is 0 Å². The van der Waals surface area contributed by atoms with E-state index < -0.39 is 24.5 Å². The second-order valence-corrected chi connectivity index (χ2v) is 4.13. The molecule has 4 nitrogen and oxygen atoms in total. The maximum absolute atomic E-state index is 12.7. The van der Waals surface area contributed by atoms with Crippen molar-refractivity contribution in [1.29, 1.82) is 5.41 Å². The van der Waals surface area contributed by atoms with Gasteiger partial charge in [0.2, 0.25) is 0 Å². The van der Waals surface area contributed by atoms with Gasteiger partial charge in [0.15, 0.2) is 0 Å². The van der Waals surface area contributed by atoms with Crippen LogP contribution >= 0.6 is 0 Å². The van der Waals surface area contributed by atoms with E-state index in [9.17, 15) is 13.2 Å². The molecule has 0 spiro atoms. The van der Waals surface area contributed by atoms with Crippen molar-refractivity contribution in [3.8, 4) is 5.75 Å². The molecule has 1 rings (SSSR count). The third-order valence-corrected chi connectivity index (χ3v) is 2.72. The maximum atomic E-state index is 12.7. The lowest BCUT2D eigenvalue weighted by atomic mass is 10.1. The number of ether oxygens (including phenoxy) is 1. The first-order valence-corrected chi connectivity index (χ1v) is 5.51. The molecule has 0 saturated carbocycles. The van der Waals surface area contributed by atoms with Crippen LogP contribution in [0.4, 0.5) is 18.9 Å². The van der Waals surface area contributed by atoms with Gasteiger partial charge in [-0.2, -0.15) is 13.2 Å². The zero-order valence-electron chi connectivity index (χ0n) is 10.7. The van der Waals surface area contributed by atoms with Gasteiger partial charge in [-0.05, 0) is 12.1 Å². The Bertz CT molecular complexity index is 448. The highest BCUT2D eigenvalue weighted by Gasteiger charge is 2.42. The molecular weight excluding hydrogens is 259 g/mol. The number of nitrogens with two attached hydrogens (primary N) is 1. The van der Waals surface area contributed by atoms with Crippen LogP contribution in [-0.2, 0) is 0 Å². The molecule has 1 aromatic rings. The monoisotopic (exact) mass is 275 g/mol. The molecule has 0 bridgehead atoms. The molecule has 0 aliphatic rings. The van der Waals surface area contributed by atoms with Crippen molar-refractivity contribution in [3.05, 3.63) is 24.3 Å². The third-order valence-electron chi connectivity index (χ3n) is 2.72. The fraction of sp³-hybridized carbons (Fsp3) is 0.417. The third kappa shape index (κ3) is 4.04. The van der Waals surface area contributed by atoms with Gasteiger partial charge in [0, 0.05) is 25.3 Å². The average molecular weight is 275 g/mol. The SMILES string of the molecule is COc1cccc(N(C)CC(C(=N)N)C(F)(F)F)c1. The Morgan fingerprint density at radius 3 is 2.58 bits per heavy atom. The molecule has 0 fully saturated rings. The quantitative estimate of drug-likeness (QED) is 0.640. The Labute approximate surface area is 109 Å². The van der Waals surface area contributed by atoms with Crippen molar-refractivity contribution in [2.24, 2.45) is 11.7 Å². The van der Waals surface area contributed by atoms with Gasteiger partial charge < -0.3 is 15.4 Å². The molecule has 19 heavy (non-hydrogen) atoms. The minimum atomic E-state index is -4.53. The first-order chi connectivity index (χ1) is 8.75. The summed E-state index contributed by atoms with van der Waals surface area (Å²) in [5.41, 5.74) is 5.58. The average Bonchev–Trinajstić information content (AvgIpc) is 2.33. The van der Waals surface area contributed by atoms with Gasteiger partial charge in [0.25, 0.3) is 0 Å². The molecule has 0 amide bonds. The summed E-state index contributed by atoms with van der Waals surface area (Å²) in [7, 11) is 2.99. The zero-order chi connectivity index (χ0) is 14.6. The summed E-state index contributed by atoms with van der Waals surface area (Å²) in [6.45, 7) is -0.411. The van der Waals surface area contributed by atoms with Crippen LogP contribution in [0.25, 0.3) is 0 Å². The fourth-order valence-electron chi connectivity index (χ4n) is 1.61. The van der Waals surface area contributed by atoms with E-state index in [4.69, 9.17) is 15.9 Å². The summed E-state index contributed by atoms with van der Waals surface area (Å²) in [6, 6.07) is 6.66. The van der Waals surface area contributed by atoms with Crippen LogP contribution in [0.15, 0.2) is 24.3 Å². The van der Waals surface area contributed by atoms with Crippen LogP contribution in [0.3, 0.4) is 0 Å². The predicted molar refractivity (Wildman–Crippen MR) is 67.7 cm³/mol. The van der Waals surface area contributed by atoms with Crippen LogP contribution < -0.4 is 15.4 Å². The number of benzene rings is 1. The summed E-state index contributed by atoms with van der Waals surface area (Å²) >= 11 is 0. The van der Waals surface area contributed by atoms with Crippen molar-refractivity contribution >= 4 is 11.5 Å². The topological polar surface area (TPSA) is 62.3 Å². The number of anilines is 1. The van der Waals surface area contributed by atoms with Crippen LogP contribution in [-0.4, -0.2) is 32.7 Å². The standard InChI is InChI=1S/C12H16F3N3O/c1-18(7-10(11(16)17)12(13,14)15)8-4-3-5-9(6-8)19-2/h3-6,10H,7H2,1-2H3,(H3,16,17). The Kier molecular flexibility index (Phi) is 4.63. The second-order valence-electron chi connectivity index (χ2n) is 4.13. The van der Waals surface area contributed by atoms with Gasteiger partial charge in [-0.25, -0.2) is 0 Å². The Balaban J connectivity index is 2.87. The summed E-state index contributed by atoms with van der Waals surface area (Å²) < 4.78 is 43.2. The number of rotatable bonds is 5. The van der Waals surface area contributed by atoms with Crippen LogP contribution in [0.5, 0.6) is 5.75 Å². The van der Waals surface area contributed by atoms with Gasteiger partial charge in [-0.1, -0.05) is 6.07 Å². The number of hydrogen-bond acceptors (Lipinski definition) is 3. The molecule has 0 radical (unpaired) electrons. The summed E-state index contributed by atoms with van der Waals surface area (Å²) in [6.07, 6.45) is -4.53. The molecule has 0 aliphatic heterocycles. The minimum Gasteiger partial charge on any atom is -0.497 e. The van der Waals surface area contributed by atoms with E-state index in [-0.39, 0.29) is 0 Å². The van der Waals surface area contributed by atoms with Gasteiger partial charge >= 0.3 is 6.18 Å². The Morgan fingerprint density at radius 2 is 2.11 bits per heavy atom. The highest BCUT2D eigenvalue weighted by atomic mass is 19.4. The fourth-order valence-corrected chi connectivity index (χ4v) is 1.61. The van der Waals surface area contributed by atoms with Crippen molar-refractivity contribution in [2.45, 2.75) is 6.18 Å². The molecule has 1 unspecified atom stereocenters.